The molecule has 94 valence electrons. The molecule has 1 aromatic carbocycles. The number of hydrogen-bond acceptors (Lipinski definition) is 2. The molecule has 1 aliphatic carbocycles. The molecule has 0 aromatic heterocycles. The third-order valence-electron chi connectivity index (χ3n) is 3.84. The van der Waals surface area contributed by atoms with E-state index in [4.69, 9.17) is 0 Å². The number of aliphatic hydroxyl groups is 1. The molecule has 2 heteroatoms. The predicted molar refractivity (Wildman–Crippen MR) is 70.8 cm³/mol. The summed E-state index contributed by atoms with van der Waals surface area (Å²) in [5.74, 6) is 0.873. The van der Waals surface area contributed by atoms with Crippen LogP contribution in [0.2, 0.25) is 0 Å². The van der Waals surface area contributed by atoms with Gasteiger partial charge in [-0.05, 0) is 37.2 Å². The zero-order chi connectivity index (χ0) is 12.1. The highest BCUT2D eigenvalue weighted by atomic mass is 16.3. The van der Waals surface area contributed by atoms with Gasteiger partial charge in [0.25, 0.3) is 0 Å². The summed E-state index contributed by atoms with van der Waals surface area (Å²) in [7, 11) is 0. The first-order chi connectivity index (χ1) is 8.29. The fraction of sp³-hybridized carbons (Fsp3) is 0.600. The van der Waals surface area contributed by atoms with Crippen LogP contribution in [0.15, 0.2) is 30.3 Å². The van der Waals surface area contributed by atoms with Gasteiger partial charge in [-0.25, -0.2) is 0 Å². The Labute approximate surface area is 104 Å². The second-order valence-electron chi connectivity index (χ2n) is 5.27. The van der Waals surface area contributed by atoms with Crippen molar-refractivity contribution >= 4 is 0 Å². The van der Waals surface area contributed by atoms with E-state index < -0.39 is 0 Å². The van der Waals surface area contributed by atoms with Gasteiger partial charge in [-0.15, -0.1) is 0 Å². The Morgan fingerprint density at radius 2 is 1.82 bits per heavy atom. The lowest BCUT2D eigenvalue weighted by Gasteiger charge is -2.30. The molecule has 2 rings (SSSR count). The summed E-state index contributed by atoms with van der Waals surface area (Å²) in [6, 6.07) is 10.9. The van der Waals surface area contributed by atoms with Gasteiger partial charge in [0.05, 0.1) is 12.6 Å². The zero-order valence-corrected chi connectivity index (χ0v) is 10.6. The summed E-state index contributed by atoms with van der Waals surface area (Å²) < 4.78 is 0. The maximum Gasteiger partial charge on any atom is 0.0626 e. The molecule has 2 nitrogen and oxygen atoms in total. The van der Waals surface area contributed by atoms with Crippen LogP contribution in [-0.2, 0) is 0 Å². The van der Waals surface area contributed by atoms with Crippen molar-refractivity contribution in [3.8, 4) is 0 Å². The molecule has 2 N–H and O–H groups in total. The zero-order valence-electron chi connectivity index (χ0n) is 10.6. The van der Waals surface area contributed by atoms with Crippen molar-refractivity contribution in [3.05, 3.63) is 35.9 Å². The molecule has 1 saturated carbocycles. The van der Waals surface area contributed by atoms with Crippen LogP contribution in [0.5, 0.6) is 0 Å². The van der Waals surface area contributed by atoms with E-state index in [0.29, 0.717) is 6.04 Å². The predicted octanol–water partition coefficient (Wildman–Crippen LogP) is 2.89. The molecule has 1 fully saturated rings. The van der Waals surface area contributed by atoms with Crippen molar-refractivity contribution in [2.24, 2.45) is 5.92 Å². The smallest absolute Gasteiger partial charge is 0.0626 e. The fourth-order valence-electron chi connectivity index (χ4n) is 2.65. The van der Waals surface area contributed by atoms with Gasteiger partial charge >= 0.3 is 0 Å². The summed E-state index contributed by atoms with van der Waals surface area (Å²) in [4.78, 5) is 0. The van der Waals surface area contributed by atoms with Crippen molar-refractivity contribution in [2.45, 2.75) is 44.7 Å². The van der Waals surface area contributed by atoms with E-state index in [9.17, 15) is 5.11 Å². The Balaban J connectivity index is 1.92. The summed E-state index contributed by atoms with van der Waals surface area (Å²) in [6.07, 6.45) is 5.10. The fourth-order valence-corrected chi connectivity index (χ4v) is 2.65. The minimum Gasteiger partial charge on any atom is -0.394 e. The van der Waals surface area contributed by atoms with Gasteiger partial charge in [0, 0.05) is 6.04 Å². The van der Waals surface area contributed by atoms with Crippen molar-refractivity contribution in [3.63, 3.8) is 0 Å². The molecule has 0 amide bonds. The molecular formula is C15H23NO. The maximum atomic E-state index is 9.50. The Kier molecular flexibility index (Phi) is 4.57. The van der Waals surface area contributed by atoms with E-state index in [0.717, 1.165) is 5.92 Å². The van der Waals surface area contributed by atoms with Gasteiger partial charge in [-0.1, -0.05) is 37.3 Å². The first-order valence-electron chi connectivity index (χ1n) is 6.71. The quantitative estimate of drug-likeness (QED) is 0.838. The average molecular weight is 233 g/mol. The largest absolute Gasteiger partial charge is 0.394 e. The molecule has 0 spiro atoms. The second kappa shape index (κ2) is 6.18. The topological polar surface area (TPSA) is 32.3 Å². The van der Waals surface area contributed by atoms with E-state index in [1.165, 1.54) is 31.2 Å². The van der Waals surface area contributed by atoms with Crippen LogP contribution in [0, 0.1) is 5.92 Å². The van der Waals surface area contributed by atoms with Gasteiger partial charge < -0.3 is 10.4 Å². The Bertz CT molecular complexity index is 317. The van der Waals surface area contributed by atoms with Gasteiger partial charge in [-0.3, -0.25) is 0 Å². The van der Waals surface area contributed by atoms with Crippen molar-refractivity contribution < 1.29 is 5.11 Å². The standard InChI is InChI=1S/C15H23NO/c1-12-7-9-14(10-8-12)16-15(11-17)13-5-3-2-4-6-13/h2-6,12,14-17H,7-11H2,1H3/t12?,14?,15-/m1/s1. The maximum absolute atomic E-state index is 9.50. The van der Waals surface area contributed by atoms with Crippen molar-refractivity contribution in [1.82, 2.24) is 5.32 Å². The molecule has 17 heavy (non-hydrogen) atoms. The first-order valence-corrected chi connectivity index (χ1v) is 6.71. The highest BCUT2D eigenvalue weighted by Gasteiger charge is 2.21. The molecule has 0 radical (unpaired) electrons. The number of nitrogens with one attached hydrogen (secondary N) is 1. The van der Waals surface area contributed by atoms with Crippen LogP contribution >= 0.6 is 0 Å². The highest BCUT2D eigenvalue weighted by molar-refractivity contribution is 5.19. The summed E-state index contributed by atoms with van der Waals surface area (Å²) in [5, 5.41) is 13.1. The molecule has 1 atom stereocenters. The lowest BCUT2D eigenvalue weighted by Crippen LogP contribution is -2.37. The monoisotopic (exact) mass is 233 g/mol. The molecule has 1 aromatic rings. The molecule has 0 saturated heterocycles. The van der Waals surface area contributed by atoms with Crippen LogP contribution < -0.4 is 5.32 Å². The Hall–Kier alpha value is -0.860. The second-order valence-corrected chi connectivity index (χ2v) is 5.27. The van der Waals surface area contributed by atoms with E-state index in [1.54, 1.807) is 0 Å². The lowest BCUT2D eigenvalue weighted by molar-refractivity contribution is 0.211. The normalized spacial score (nSPS) is 26.7. The molecule has 0 heterocycles. The number of benzene rings is 1. The van der Waals surface area contributed by atoms with Gasteiger partial charge in [0.1, 0.15) is 0 Å². The molecule has 0 aliphatic heterocycles. The highest BCUT2D eigenvalue weighted by Crippen LogP contribution is 2.25. The van der Waals surface area contributed by atoms with E-state index >= 15 is 0 Å². The van der Waals surface area contributed by atoms with E-state index in [2.05, 4.69) is 24.4 Å². The number of rotatable bonds is 4. The minimum atomic E-state index is 0.0922. The summed E-state index contributed by atoms with van der Waals surface area (Å²) >= 11 is 0. The van der Waals surface area contributed by atoms with Crippen LogP contribution in [-0.4, -0.2) is 17.8 Å². The number of aliphatic hydroxyl groups excluding tert-OH is 1. The molecular weight excluding hydrogens is 210 g/mol. The summed E-state index contributed by atoms with van der Waals surface area (Å²) in [6.45, 7) is 2.51. The Morgan fingerprint density at radius 1 is 1.18 bits per heavy atom. The average Bonchev–Trinajstić information content (AvgIpc) is 2.39. The van der Waals surface area contributed by atoms with Crippen LogP contribution in [0.25, 0.3) is 0 Å². The first kappa shape index (κ1) is 12.6. The molecule has 0 unspecified atom stereocenters. The van der Waals surface area contributed by atoms with Gasteiger partial charge in [0.15, 0.2) is 0 Å². The van der Waals surface area contributed by atoms with E-state index in [1.807, 2.05) is 18.2 Å². The minimum absolute atomic E-state index is 0.0922. The van der Waals surface area contributed by atoms with Crippen LogP contribution in [0.3, 0.4) is 0 Å². The van der Waals surface area contributed by atoms with Crippen molar-refractivity contribution in [2.75, 3.05) is 6.61 Å². The van der Waals surface area contributed by atoms with Gasteiger partial charge in [0.2, 0.25) is 0 Å². The lowest BCUT2D eigenvalue weighted by atomic mass is 9.87. The van der Waals surface area contributed by atoms with E-state index in [-0.39, 0.29) is 12.6 Å². The third kappa shape index (κ3) is 3.55. The van der Waals surface area contributed by atoms with Gasteiger partial charge in [-0.2, -0.15) is 0 Å². The van der Waals surface area contributed by atoms with Crippen LogP contribution in [0.4, 0.5) is 0 Å². The van der Waals surface area contributed by atoms with Crippen LogP contribution in [0.1, 0.15) is 44.2 Å². The Morgan fingerprint density at radius 3 is 2.41 bits per heavy atom. The molecule has 1 aliphatic rings. The number of hydrogen-bond donors (Lipinski definition) is 2. The molecule has 0 bridgehead atoms. The van der Waals surface area contributed by atoms with Crippen molar-refractivity contribution in [1.29, 1.82) is 0 Å². The SMILES string of the molecule is CC1CCC(N[C@H](CO)c2ccccc2)CC1. The summed E-state index contributed by atoms with van der Waals surface area (Å²) in [5.41, 5.74) is 1.19. The third-order valence-corrected chi connectivity index (χ3v) is 3.84.